The van der Waals surface area contributed by atoms with Gasteiger partial charge in [-0.25, -0.2) is 0 Å². The zero-order valence-electron chi connectivity index (χ0n) is 9.14. The van der Waals surface area contributed by atoms with Gasteiger partial charge in [-0.05, 0) is 19.1 Å². The Morgan fingerprint density at radius 1 is 1.56 bits per heavy atom. The molecule has 2 unspecified atom stereocenters. The van der Waals surface area contributed by atoms with Crippen LogP contribution in [0, 0.1) is 0 Å². The highest BCUT2D eigenvalue weighted by molar-refractivity contribution is 7.84. The van der Waals surface area contributed by atoms with Crippen LogP contribution in [0.4, 0.5) is 5.82 Å². The van der Waals surface area contributed by atoms with Crippen LogP contribution in [0.15, 0.2) is 12.1 Å². The topological polar surface area (TPSA) is 98.0 Å². The fourth-order valence-corrected chi connectivity index (χ4v) is 1.94. The summed E-state index contributed by atoms with van der Waals surface area (Å²) in [6, 6.07) is 2.83. The van der Waals surface area contributed by atoms with Crippen LogP contribution in [0.3, 0.4) is 0 Å². The minimum Gasteiger partial charge on any atom is -0.382 e. The summed E-state index contributed by atoms with van der Waals surface area (Å²) < 4.78 is 10.9. The van der Waals surface area contributed by atoms with Gasteiger partial charge >= 0.3 is 0 Å². The molecule has 0 fully saturated rings. The van der Waals surface area contributed by atoms with E-state index in [-0.39, 0.29) is 23.5 Å². The molecule has 1 aromatic rings. The maximum Gasteiger partial charge on any atom is 0.272 e. The van der Waals surface area contributed by atoms with Gasteiger partial charge < -0.3 is 11.1 Å². The van der Waals surface area contributed by atoms with Gasteiger partial charge in [0.1, 0.15) is 5.82 Å². The molecule has 2 atom stereocenters. The first-order valence-corrected chi connectivity index (χ1v) is 6.42. The molecule has 1 rings (SSSR count). The quantitative estimate of drug-likeness (QED) is 0.745. The number of nitrogens with two attached hydrogens (primary N) is 1. The summed E-state index contributed by atoms with van der Waals surface area (Å²) in [4.78, 5) is 11.6. The highest BCUT2D eigenvalue weighted by Gasteiger charge is 2.12. The first kappa shape index (κ1) is 12.6. The Kier molecular flexibility index (Phi) is 4.36. The molecular weight excluding hydrogens is 228 g/mol. The third kappa shape index (κ3) is 3.93. The van der Waals surface area contributed by atoms with Crippen LogP contribution in [0.2, 0.25) is 0 Å². The first-order valence-electron chi connectivity index (χ1n) is 4.69. The molecule has 1 heterocycles. The normalized spacial score (nSPS) is 14.1. The minimum atomic E-state index is -0.943. The lowest BCUT2D eigenvalue weighted by Crippen LogP contribution is -2.36. The molecule has 0 bridgehead atoms. The number of aromatic nitrogens is 2. The largest absolute Gasteiger partial charge is 0.382 e. The number of rotatable bonds is 4. The van der Waals surface area contributed by atoms with Crippen molar-refractivity contribution in [2.24, 2.45) is 0 Å². The summed E-state index contributed by atoms with van der Waals surface area (Å²) in [5.74, 6) is 0.332. The van der Waals surface area contributed by atoms with Crippen molar-refractivity contribution in [3.05, 3.63) is 17.8 Å². The second-order valence-corrected chi connectivity index (χ2v) is 4.94. The number of nitrogen functional groups attached to an aromatic ring is 1. The number of nitrogens with zero attached hydrogens (tertiary/aromatic N) is 2. The maximum absolute atomic E-state index is 11.6. The van der Waals surface area contributed by atoms with E-state index in [4.69, 9.17) is 5.73 Å². The number of hydrogen-bond donors (Lipinski definition) is 2. The summed E-state index contributed by atoms with van der Waals surface area (Å²) in [5.41, 5.74) is 5.55. The van der Waals surface area contributed by atoms with Gasteiger partial charge in [-0.1, -0.05) is 0 Å². The molecule has 0 spiro atoms. The SMILES string of the molecule is CC(CS(C)=O)NC(=O)c1ccc(N)nn1. The van der Waals surface area contributed by atoms with Crippen LogP contribution in [0.5, 0.6) is 0 Å². The van der Waals surface area contributed by atoms with E-state index >= 15 is 0 Å². The number of nitrogens with one attached hydrogen (secondary N) is 1. The fraction of sp³-hybridized carbons (Fsp3) is 0.444. The number of hydrogen-bond acceptors (Lipinski definition) is 5. The highest BCUT2D eigenvalue weighted by Crippen LogP contribution is 1.98. The number of amides is 1. The summed E-state index contributed by atoms with van der Waals surface area (Å²) in [6.07, 6.45) is 1.59. The van der Waals surface area contributed by atoms with Crippen LogP contribution < -0.4 is 11.1 Å². The lowest BCUT2D eigenvalue weighted by molar-refractivity contribution is 0.0937. The molecule has 0 aliphatic rings. The van der Waals surface area contributed by atoms with Crippen LogP contribution >= 0.6 is 0 Å². The molecule has 1 amide bonds. The van der Waals surface area contributed by atoms with Crippen molar-refractivity contribution in [2.45, 2.75) is 13.0 Å². The Morgan fingerprint density at radius 3 is 2.75 bits per heavy atom. The summed E-state index contributed by atoms with van der Waals surface area (Å²) in [5, 5.41) is 9.89. The summed E-state index contributed by atoms with van der Waals surface area (Å²) in [7, 11) is -0.943. The molecule has 0 aromatic carbocycles. The smallest absolute Gasteiger partial charge is 0.272 e. The van der Waals surface area contributed by atoms with E-state index in [1.165, 1.54) is 12.1 Å². The predicted octanol–water partition coefficient (Wildman–Crippen LogP) is -0.444. The molecule has 0 aliphatic heterocycles. The molecule has 7 heteroatoms. The van der Waals surface area contributed by atoms with Gasteiger partial charge in [-0.15, -0.1) is 10.2 Å². The number of anilines is 1. The third-order valence-electron chi connectivity index (χ3n) is 1.78. The molecule has 0 saturated heterocycles. The summed E-state index contributed by atoms with van der Waals surface area (Å²) >= 11 is 0. The fourth-order valence-electron chi connectivity index (χ4n) is 1.16. The van der Waals surface area contributed by atoms with Gasteiger partial charge in [0, 0.05) is 28.9 Å². The minimum absolute atomic E-state index is 0.169. The number of carbonyl (C=O) groups is 1. The lowest BCUT2D eigenvalue weighted by atomic mass is 10.3. The number of carbonyl (C=O) groups excluding carboxylic acids is 1. The van der Waals surface area contributed by atoms with Gasteiger partial charge in [-0.2, -0.15) is 0 Å². The van der Waals surface area contributed by atoms with Crippen molar-refractivity contribution in [1.82, 2.24) is 15.5 Å². The molecule has 0 radical (unpaired) electrons. The zero-order valence-corrected chi connectivity index (χ0v) is 9.95. The van der Waals surface area contributed by atoms with Gasteiger partial charge in [0.15, 0.2) is 5.69 Å². The van der Waals surface area contributed by atoms with Crippen LogP contribution in [-0.2, 0) is 10.8 Å². The van der Waals surface area contributed by atoms with Gasteiger partial charge in [0.25, 0.3) is 5.91 Å². The molecule has 1 aromatic heterocycles. The standard InChI is InChI=1S/C9H14N4O2S/c1-6(5-16(2)15)11-9(14)7-3-4-8(10)13-12-7/h3-4,6H,5H2,1-2H3,(H2,10,13)(H,11,14). The monoisotopic (exact) mass is 242 g/mol. The van der Waals surface area contributed by atoms with E-state index in [9.17, 15) is 9.00 Å². The van der Waals surface area contributed by atoms with Gasteiger partial charge in [0.05, 0.1) is 0 Å². The predicted molar refractivity (Wildman–Crippen MR) is 62.3 cm³/mol. The zero-order chi connectivity index (χ0) is 12.1. The molecule has 0 saturated carbocycles. The summed E-state index contributed by atoms with van der Waals surface area (Å²) in [6.45, 7) is 1.78. The van der Waals surface area contributed by atoms with Crippen molar-refractivity contribution in [1.29, 1.82) is 0 Å². The van der Waals surface area contributed by atoms with Crippen LogP contribution in [-0.4, -0.2) is 38.4 Å². The molecular formula is C9H14N4O2S. The van der Waals surface area contributed by atoms with E-state index < -0.39 is 10.8 Å². The molecule has 6 nitrogen and oxygen atoms in total. The molecule has 3 N–H and O–H groups in total. The second kappa shape index (κ2) is 5.55. The average molecular weight is 242 g/mol. The van der Waals surface area contributed by atoms with E-state index in [0.717, 1.165) is 0 Å². The van der Waals surface area contributed by atoms with E-state index in [1.54, 1.807) is 13.2 Å². The maximum atomic E-state index is 11.6. The Morgan fingerprint density at radius 2 is 2.25 bits per heavy atom. The van der Waals surface area contributed by atoms with Crippen molar-refractivity contribution in [3.8, 4) is 0 Å². The Labute approximate surface area is 96.1 Å². The second-order valence-electron chi connectivity index (χ2n) is 3.46. The van der Waals surface area contributed by atoms with Crippen molar-refractivity contribution < 1.29 is 9.00 Å². The van der Waals surface area contributed by atoms with Crippen LogP contribution in [0.25, 0.3) is 0 Å². The first-order chi connectivity index (χ1) is 7.49. The Bertz CT molecular complexity index is 393. The van der Waals surface area contributed by atoms with Gasteiger partial charge in [-0.3, -0.25) is 9.00 Å². The third-order valence-corrected chi connectivity index (χ3v) is 2.75. The Balaban J connectivity index is 2.58. The van der Waals surface area contributed by atoms with E-state index in [2.05, 4.69) is 15.5 Å². The van der Waals surface area contributed by atoms with E-state index in [1.807, 2.05) is 0 Å². The molecule has 16 heavy (non-hydrogen) atoms. The van der Waals surface area contributed by atoms with Crippen LogP contribution in [0.1, 0.15) is 17.4 Å². The average Bonchev–Trinajstić information content (AvgIpc) is 2.16. The Hall–Kier alpha value is -1.50. The van der Waals surface area contributed by atoms with E-state index in [0.29, 0.717) is 5.75 Å². The van der Waals surface area contributed by atoms with Crippen molar-refractivity contribution in [3.63, 3.8) is 0 Å². The van der Waals surface area contributed by atoms with Crippen molar-refractivity contribution >= 4 is 22.5 Å². The molecule has 0 aliphatic carbocycles. The lowest BCUT2D eigenvalue weighted by Gasteiger charge is -2.11. The van der Waals surface area contributed by atoms with Gasteiger partial charge in [0.2, 0.25) is 0 Å². The van der Waals surface area contributed by atoms with Crippen molar-refractivity contribution in [2.75, 3.05) is 17.7 Å². The molecule has 88 valence electrons. The highest BCUT2D eigenvalue weighted by atomic mass is 32.2.